The summed E-state index contributed by atoms with van der Waals surface area (Å²) < 4.78 is 37.4. The number of benzene rings is 4. The van der Waals surface area contributed by atoms with Gasteiger partial charge in [-0.25, -0.2) is 13.8 Å². The van der Waals surface area contributed by atoms with Crippen LogP contribution in [0.3, 0.4) is 0 Å². The number of nitrogens with zero attached hydrogens (tertiary/aromatic N) is 4. The van der Waals surface area contributed by atoms with Crippen molar-refractivity contribution in [1.82, 2.24) is 14.8 Å². The lowest BCUT2D eigenvalue weighted by molar-refractivity contribution is 0.102. The number of hydrogen-bond donors (Lipinski definition) is 4. The van der Waals surface area contributed by atoms with Crippen LogP contribution in [-0.4, -0.2) is 101 Å². The Hall–Kier alpha value is -4.55. The number of rotatable bonds is 16. The van der Waals surface area contributed by atoms with Gasteiger partial charge in [0.25, 0.3) is 0 Å². The van der Waals surface area contributed by atoms with Crippen LogP contribution in [0.4, 0.5) is 31.1 Å². The number of alkyl halides is 1. The first kappa shape index (κ1) is 51.8. The highest BCUT2D eigenvalue weighted by atomic mass is 79.9. The van der Waals surface area contributed by atoms with E-state index < -0.39 is 5.82 Å². The van der Waals surface area contributed by atoms with Crippen LogP contribution in [0.5, 0.6) is 11.5 Å². The molecule has 4 aromatic carbocycles. The molecule has 0 aliphatic carbocycles. The van der Waals surface area contributed by atoms with Crippen LogP contribution in [0.2, 0.25) is 0 Å². The summed E-state index contributed by atoms with van der Waals surface area (Å²) in [4.78, 5) is 36.3. The maximum absolute atomic E-state index is 13.4. The average Bonchev–Trinajstić information content (AvgIpc) is 3.61. The number of thioether (sulfide) groups is 1. The number of hydrogen-bond acceptors (Lipinski definition) is 12. The van der Waals surface area contributed by atoms with Crippen LogP contribution in [0, 0.1) is 11.6 Å². The number of thiazole rings is 1. The molecule has 1 heterocycles. The van der Waals surface area contributed by atoms with Gasteiger partial charge in [-0.15, -0.1) is 9.24 Å². The van der Waals surface area contributed by atoms with Gasteiger partial charge in [0, 0.05) is 40.1 Å². The molecule has 3 atom stereocenters. The average molecular weight is 990 g/mol. The van der Waals surface area contributed by atoms with Crippen LogP contribution in [0.25, 0.3) is 0 Å². The molecule has 0 bridgehead atoms. The minimum absolute atomic E-state index is 0.107. The predicted octanol–water partition coefficient (Wildman–Crippen LogP) is 9.16. The van der Waals surface area contributed by atoms with Gasteiger partial charge >= 0.3 is 0 Å². The molecule has 12 nitrogen and oxygen atoms in total. The predicted molar refractivity (Wildman–Crippen MR) is 264 cm³/mol. The first-order chi connectivity index (χ1) is 29.5. The summed E-state index contributed by atoms with van der Waals surface area (Å²) in [6, 6.07) is 26.9. The molecule has 62 heavy (non-hydrogen) atoms. The maximum atomic E-state index is 13.4. The second kappa shape index (κ2) is 26.8. The van der Waals surface area contributed by atoms with E-state index in [-0.39, 0.29) is 39.0 Å². The molecule has 1 aromatic heterocycles. The fraction of sp³-hybridized carbons (Fsp3) is 0.279. The van der Waals surface area contributed by atoms with Gasteiger partial charge in [-0.1, -0.05) is 63.3 Å². The number of anilines is 4. The Kier molecular flexibility index (Phi) is 22.4. The van der Waals surface area contributed by atoms with E-state index in [1.807, 2.05) is 76.7 Å². The van der Waals surface area contributed by atoms with Gasteiger partial charge in [0.1, 0.15) is 47.0 Å². The fourth-order valence-electron chi connectivity index (χ4n) is 4.54. The Morgan fingerprint density at radius 2 is 1.37 bits per heavy atom. The molecule has 5 aromatic rings. The summed E-state index contributed by atoms with van der Waals surface area (Å²) in [7, 11) is 10.7. The normalized spacial score (nSPS) is 12.0. The topological polar surface area (TPSA) is 160 Å². The lowest BCUT2D eigenvalue weighted by atomic mass is 10.1. The smallest absolute Gasteiger partial charge is 0.206 e. The number of nitrogens with two attached hydrogens (primary N) is 2. The van der Waals surface area contributed by atoms with Crippen molar-refractivity contribution in [2.45, 2.75) is 25.9 Å². The molecular formula is C43H52BrF2N8O4PS3. The number of amidine groups is 1. The van der Waals surface area contributed by atoms with Crippen molar-refractivity contribution in [3.05, 3.63) is 125 Å². The molecule has 0 spiro atoms. The lowest BCUT2D eigenvalue weighted by Gasteiger charge is -2.20. The lowest BCUT2D eigenvalue weighted by Crippen LogP contribution is -2.30. The van der Waals surface area contributed by atoms with Crippen molar-refractivity contribution < 1.29 is 27.8 Å². The molecule has 1 unspecified atom stereocenters. The summed E-state index contributed by atoms with van der Waals surface area (Å²) >= 11 is 10.7. The number of aliphatic imine (C=N–C) groups is 1. The zero-order valence-corrected chi connectivity index (χ0v) is 40.4. The summed E-state index contributed by atoms with van der Waals surface area (Å²) in [5.74, 6) is 0.396. The van der Waals surface area contributed by atoms with Crippen LogP contribution in [0.15, 0.2) is 102 Å². The number of nitrogen functional groups attached to an aromatic ring is 1. The standard InChI is InChI=1S/C21H23FN4O2S.C14H23N4OPS2.C8H6BrFO/c1-13(26(2)3)12-28-17-9-7-16(8-10-17)24-21-25-20(23)19(29-21)18(27)14-5-4-6-15(22)11-14;1-10(18(2)3)8-19-12-6-4-11(5-7-12)16-14(21)17-13(15)22-9-20;9-5-8(11)6-2-1-3-7(10)4-6/h4-11,13H,12,23H2,1-3H3,(H,24,25);4-7,10H,8-9,20H2,1-3H3,(H3,15,16,17,21);1-4H,5H2/t13-;10-;/m11./s1. The molecule has 19 heteroatoms. The highest BCUT2D eigenvalue weighted by Crippen LogP contribution is 2.30. The summed E-state index contributed by atoms with van der Waals surface area (Å²) in [5.41, 5.74) is 14.7. The van der Waals surface area contributed by atoms with Crippen LogP contribution in [0.1, 0.15) is 39.4 Å². The fourth-order valence-corrected chi connectivity index (χ4v) is 6.84. The van der Waals surface area contributed by atoms with E-state index in [0.29, 0.717) is 46.3 Å². The van der Waals surface area contributed by atoms with Crippen LogP contribution in [-0.2, 0) is 0 Å². The SMILES string of the molecule is C[C@H](COc1ccc(NC(=S)N=C(N)SCP)cc1)N(C)C.C[C@H](COc1ccc(Nc2nc(N)c(C(=O)c3cccc(F)c3)s2)cc1)N(C)C.O=C(CBr)c1cccc(F)c1. The third kappa shape index (κ3) is 18.4. The Morgan fingerprint density at radius 1 is 0.871 bits per heavy atom. The third-order valence-electron chi connectivity index (χ3n) is 8.61. The number of carbonyl (C=O) groups excluding carboxylic acids is 2. The Balaban J connectivity index is 0.000000273. The van der Waals surface area contributed by atoms with Gasteiger partial charge in [0.15, 0.2) is 21.2 Å². The zero-order chi connectivity index (χ0) is 45.8. The summed E-state index contributed by atoms with van der Waals surface area (Å²) in [5, 5.41) is 7.66. The van der Waals surface area contributed by atoms with E-state index in [1.165, 1.54) is 48.2 Å². The number of carbonyl (C=O) groups is 2. The van der Waals surface area contributed by atoms with Crippen molar-refractivity contribution in [2.24, 2.45) is 10.7 Å². The number of aromatic nitrogens is 1. The van der Waals surface area contributed by atoms with Crippen molar-refractivity contribution >= 4 is 105 Å². The maximum Gasteiger partial charge on any atom is 0.206 e. The van der Waals surface area contributed by atoms with E-state index in [2.05, 4.69) is 69.4 Å². The minimum Gasteiger partial charge on any atom is -0.492 e. The third-order valence-corrected chi connectivity index (χ3v) is 11.4. The second-order valence-corrected chi connectivity index (χ2v) is 17.7. The molecule has 6 N–H and O–H groups in total. The minimum atomic E-state index is -0.473. The Morgan fingerprint density at radius 3 is 1.85 bits per heavy atom. The Labute approximate surface area is 386 Å². The van der Waals surface area contributed by atoms with Gasteiger partial charge in [-0.05, 0) is 127 Å². The number of nitrogens with one attached hydrogen (secondary N) is 2. The number of ketones is 2. The molecule has 0 saturated carbocycles. The second-order valence-electron chi connectivity index (χ2n) is 13.8. The molecular weight excluding hydrogens is 938 g/mol. The Bertz CT molecular complexity index is 2240. The zero-order valence-electron chi connectivity index (χ0n) is 35.2. The number of likely N-dealkylation sites (N-methyl/N-ethyl adjacent to an activating group) is 2. The molecule has 0 saturated heterocycles. The van der Waals surface area contributed by atoms with Gasteiger partial charge in [0.05, 0.1) is 5.33 Å². The highest BCUT2D eigenvalue weighted by Gasteiger charge is 2.19. The van der Waals surface area contributed by atoms with Crippen molar-refractivity contribution in [3.8, 4) is 11.5 Å². The monoisotopic (exact) mass is 988 g/mol. The number of ether oxygens (including phenoxy) is 2. The van der Waals surface area contributed by atoms with Gasteiger partial charge in [-0.2, -0.15) is 4.99 Å². The van der Waals surface area contributed by atoms with E-state index in [9.17, 15) is 18.4 Å². The molecule has 0 fully saturated rings. The molecule has 0 radical (unpaired) electrons. The first-order valence-electron chi connectivity index (χ1n) is 18.9. The van der Waals surface area contributed by atoms with Crippen molar-refractivity contribution in [3.63, 3.8) is 0 Å². The van der Waals surface area contributed by atoms with Gasteiger partial charge in [-0.3, -0.25) is 9.59 Å². The van der Waals surface area contributed by atoms with Crippen molar-refractivity contribution in [1.29, 1.82) is 0 Å². The highest BCUT2D eigenvalue weighted by molar-refractivity contribution is 9.09. The van der Waals surface area contributed by atoms with Crippen LogP contribution >= 0.6 is 60.5 Å². The number of Topliss-reactive ketones (excluding diaryl/α,β-unsaturated/α-hetero) is 1. The van der Waals surface area contributed by atoms with E-state index in [4.69, 9.17) is 33.2 Å². The molecule has 0 amide bonds. The summed E-state index contributed by atoms with van der Waals surface area (Å²) in [6.07, 6.45) is 0. The molecule has 332 valence electrons. The number of thiocarbonyl (C=S) groups is 1. The quantitative estimate of drug-likeness (QED) is 0.0185. The largest absolute Gasteiger partial charge is 0.492 e. The molecule has 0 aliphatic rings. The van der Waals surface area contributed by atoms with Crippen LogP contribution < -0.4 is 31.6 Å². The summed E-state index contributed by atoms with van der Waals surface area (Å²) in [6.45, 7) is 5.44. The molecule has 0 aliphatic heterocycles. The van der Waals surface area contributed by atoms with E-state index >= 15 is 0 Å². The van der Waals surface area contributed by atoms with E-state index in [1.54, 1.807) is 12.1 Å². The van der Waals surface area contributed by atoms with Gasteiger partial charge in [0.2, 0.25) is 5.78 Å². The molecule has 5 rings (SSSR count). The number of halogens is 3. The van der Waals surface area contributed by atoms with E-state index in [0.717, 1.165) is 39.7 Å². The first-order valence-corrected chi connectivity index (χ1v) is 23.1. The van der Waals surface area contributed by atoms with Crippen molar-refractivity contribution in [2.75, 3.05) is 68.6 Å². The van der Waals surface area contributed by atoms with Gasteiger partial charge < -0.3 is 41.4 Å².